The number of benzene rings is 1. The van der Waals surface area contributed by atoms with Crippen LogP contribution in [0.15, 0.2) is 34.6 Å². The Morgan fingerprint density at radius 1 is 1.31 bits per heavy atom. The topological polar surface area (TPSA) is 52.6 Å². The van der Waals surface area contributed by atoms with E-state index in [4.69, 9.17) is 0 Å². The number of hydrogen-bond acceptors (Lipinski definition) is 4. The molecule has 0 bridgehead atoms. The summed E-state index contributed by atoms with van der Waals surface area (Å²) in [4.78, 5) is 11.4. The van der Waals surface area contributed by atoms with E-state index in [-0.39, 0.29) is 0 Å². The third-order valence-corrected chi connectivity index (χ3v) is 5.73. The van der Waals surface area contributed by atoms with E-state index in [1.165, 1.54) is 11.1 Å². The van der Waals surface area contributed by atoms with Gasteiger partial charge in [-0.05, 0) is 31.4 Å². The molecule has 0 spiro atoms. The summed E-state index contributed by atoms with van der Waals surface area (Å²) in [6.45, 7) is 8.21. The summed E-state index contributed by atoms with van der Waals surface area (Å²) in [6, 6.07) is 9.25. The van der Waals surface area contributed by atoms with Gasteiger partial charge in [0.05, 0.1) is 10.7 Å². The lowest BCUT2D eigenvalue weighted by Crippen LogP contribution is -2.47. The molecule has 1 unspecified atom stereocenters. The number of nitrogens with one attached hydrogen (secondary N) is 2. The molecule has 1 atom stereocenters. The fourth-order valence-corrected chi connectivity index (χ4v) is 3.97. The van der Waals surface area contributed by atoms with Crippen LogP contribution >= 0.6 is 11.3 Å². The Morgan fingerprint density at radius 3 is 2.85 bits per heavy atom. The Kier molecular flexibility index (Phi) is 6.63. The van der Waals surface area contributed by atoms with Gasteiger partial charge in [0.15, 0.2) is 5.96 Å². The van der Waals surface area contributed by atoms with Gasteiger partial charge in [0.25, 0.3) is 0 Å². The van der Waals surface area contributed by atoms with E-state index in [0.717, 1.165) is 55.7 Å². The van der Waals surface area contributed by atoms with E-state index in [9.17, 15) is 0 Å². The average molecular weight is 372 g/mol. The zero-order valence-electron chi connectivity index (χ0n) is 16.0. The Bertz CT molecular complexity index is 739. The minimum Gasteiger partial charge on any atom is -0.356 e. The van der Waals surface area contributed by atoms with Crippen molar-refractivity contribution in [1.29, 1.82) is 0 Å². The van der Waals surface area contributed by atoms with Gasteiger partial charge in [0, 0.05) is 51.1 Å². The molecule has 0 aliphatic carbocycles. The Balaban J connectivity index is 1.42. The van der Waals surface area contributed by atoms with Crippen LogP contribution in [0.3, 0.4) is 0 Å². The lowest BCUT2D eigenvalue weighted by atomic mass is 9.99. The Morgan fingerprint density at radius 2 is 2.12 bits per heavy atom. The predicted octanol–water partition coefficient (Wildman–Crippen LogP) is 2.61. The summed E-state index contributed by atoms with van der Waals surface area (Å²) < 4.78 is 0. The van der Waals surface area contributed by atoms with Crippen LogP contribution in [-0.4, -0.2) is 48.6 Å². The van der Waals surface area contributed by atoms with E-state index < -0.39 is 0 Å². The molecular formula is C20H29N5S. The number of fused-ring (bicyclic) bond motifs is 1. The van der Waals surface area contributed by atoms with Crippen LogP contribution in [-0.2, 0) is 19.4 Å². The lowest BCUT2D eigenvalue weighted by Gasteiger charge is -2.34. The molecule has 140 valence electrons. The van der Waals surface area contributed by atoms with Crippen molar-refractivity contribution in [3.63, 3.8) is 0 Å². The first-order valence-electron chi connectivity index (χ1n) is 9.32. The van der Waals surface area contributed by atoms with Crippen LogP contribution in [0.4, 0.5) is 0 Å². The van der Waals surface area contributed by atoms with Crippen molar-refractivity contribution in [3.05, 3.63) is 51.5 Å². The standard InChI is InChI=1S/C20H29N5S/c1-15(25-11-9-17-6-4-5-7-18(17)13-25)12-23-20(21-3)22-10-8-19-14-26-16(2)24-19/h4-7,14-15H,8-13H2,1-3H3,(H2,21,22,23). The van der Waals surface area contributed by atoms with Gasteiger partial charge >= 0.3 is 0 Å². The van der Waals surface area contributed by atoms with E-state index >= 15 is 0 Å². The molecule has 1 aliphatic rings. The number of nitrogens with zero attached hydrogens (tertiary/aromatic N) is 3. The molecule has 2 aromatic rings. The number of thiazole rings is 1. The highest BCUT2D eigenvalue weighted by molar-refractivity contribution is 7.09. The summed E-state index contributed by atoms with van der Waals surface area (Å²) in [6.07, 6.45) is 2.06. The maximum atomic E-state index is 4.50. The maximum Gasteiger partial charge on any atom is 0.191 e. The molecule has 3 rings (SSSR count). The zero-order chi connectivity index (χ0) is 18.4. The normalized spacial score (nSPS) is 16.2. The number of aromatic nitrogens is 1. The second-order valence-corrected chi connectivity index (χ2v) is 7.89. The number of guanidine groups is 1. The summed E-state index contributed by atoms with van der Waals surface area (Å²) in [7, 11) is 1.82. The highest BCUT2D eigenvalue weighted by Gasteiger charge is 2.20. The van der Waals surface area contributed by atoms with Crippen LogP contribution in [0.1, 0.15) is 28.8 Å². The molecular weight excluding hydrogens is 342 g/mol. The summed E-state index contributed by atoms with van der Waals surface area (Å²) in [5.41, 5.74) is 4.11. The molecule has 0 radical (unpaired) electrons. The first-order valence-corrected chi connectivity index (χ1v) is 10.2. The van der Waals surface area contributed by atoms with E-state index in [0.29, 0.717) is 6.04 Å². The van der Waals surface area contributed by atoms with Gasteiger partial charge in [-0.15, -0.1) is 11.3 Å². The molecule has 1 aliphatic heterocycles. The average Bonchev–Trinajstić information content (AvgIpc) is 3.09. The molecule has 0 saturated carbocycles. The second kappa shape index (κ2) is 9.14. The molecule has 26 heavy (non-hydrogen) atoms. The largest absolute Gasteiger partial charge is 0.356 e. The van der Waals surface area contributed by atoms with Crippen LogP contribution in [0.5, 0.6) is 0 Å². The quantitative estimate of drug-likeness (QED) is 0.605. The van der Waals surface area contributed by atoms with Crippen molar-refractivity contribution in [1.82, 2.24) is 20.5 Å². The lowest BCUT2D eigenvalue weighted by molar-refractivity contribution is 0.191. The van der Waals surface area contributed by atoms with Gasteiger partial charge in [-0.1, -0.05) is 24.3 Å². The summed E-state index contributed by atoms with van der Waals surface area (Å²) >= 11 is 1.70. The van der Waals surface area contributed by atoms with Crippen molar-refractivity contribution in [2.75, 3.05) is 26.7 Å². The fourth-order valence-electron chi connectivity index (χ4n) is 3.32. The van der Waals surface area contributed by atoms with Crippen molar-refractivity contribution in [2.24, 2.45) is 4.99 Å². The van der Waals surface area contributed by atoms with E-state index in [2.05, 4.69) is 62.1 Å². The Labute approximate surface area is 160 Å². The van der Waals surface area contributed by atoms with Crippen molar-refractivity contribution >= 4 is 17.3 Å². The third-order valence-electron chi connectivity index (χ3n) is 4.91. The highest BCUT2D eigenvalue weighted by Crippen LogP contribution is 2.19. The van der Waals surface area contributed by atoms with Crippen LogP contribution < -0.4 is 10.6 Å². The fraction of sp³-hybridized carbons (Fsp3) is 0.500. The minimum absolute atomic E-state index is 0.461. The number of aryl methyl sites for hydroxylation is 1. The molecule has 0 saturated heterocycles. The van der Waals surface area contributed by atoms with Crippen LogP contribution in [0.2, 0.25) is 0 Å². The predicted molar refractivity (Wildman–Crippen MR) is 110 cm³/mol. The summed E-state index contributed by atoms with van der Waals surface area (Å²) in [5.74, 6) is 0.862. The van der Waals surface area contributed by atoms with Crippen LogP contribution in [0, 0.1) is 6.92 Å². The highest BCUT2D eigenvalue weighted by atomic mass is 32.1. The van der Waals surface area contributed by atoms with Crippen molar-refractivity contribution in [3.8, 4) is 0 Å². The van der Waals surface area contributed by atoms with Crippen LogP contribution in [0.25, 0.3) is 0 Å². The first kappa shape index (κ1) is 18.9. The van der Waals surface area contributed by atoms with Crippen molar-refractivity contribution in [2.45, 2.75) is 39.3 Å². The molecule has 6 heteroatoms. The smallest absolute Gasteiger partial charge is 0.191 e. The van der Waals surface area contributed by atoms with Crippen molar-refractivity contribution < 1.29 is 0 Å². The van der Waals surface area contributed by atoms with Gasteiger partial charge in [0.1, 0.15) is 0 Å². The number of rotatable bonds is 6. The molecule has 2 heterocycles. The van der Waals surface area contributed by atoms with E-state index in [1.54, 1.807) is 11.3 Å². The maximum absolute atomic E-state index is 4.50. The zero-order valence-corrected chi connectivity index (χ0v) is 16.8. The first-order chi connectivity index (χ1) is 12.7. The number of hydrogen-bond donors (Lipinski definition) is 2. The molecule has 0 amide bonds. The monoisotopic (exact) mass is 371 g/mol. The SMILES string of the molecule is CN=C(NCCc1csc(C)n1)NCC(C)N1CCc2ccccc2C1. The summed E-state index contributed by atoms with van der Waals surface area (Å²) in [5, 5.41) is 10.1. The van der Waals surface area contributed by atoms with Gasteiger partial charge in [-0.25, -0.2) is 4.98 Å². The van der Waals surface area contributed by atoms with Gasteiger partial charge in [0.2, 0.25) is 0 Å². The minimum atomic E-state index is 0.461. The Hall–Kier alpha value is -1.92. The molecule has 1 aromatic carbocycles. The molecule has 1 aromatic heterocycles. The molecule has 2 N–H and O–H groups in total. The number of aliphatic imine (C=N–C) groups is 1. The second-order valence-electron chi connectivity index (χ2n) is 6.83. The van der Waals surface area contributed by atoms with Gasteiger partial charge in [-0.2, -0.15) is 0 Å². The molecule has 0 fully saturated rings. The van der Waals surface area contributed by atoms with Gasteiger partial charge in [-0.3, -0.25) is 9.89 Å². The molecule has 5 nitrogen and oxygen atoms in total. The third kappa shape index (κ3) is 5.05. The van der Waals surface area contributed by atoms with Gasteiger partial charge < -0.3 is 10.6 Å². The van der Waals surface area contributed by atoms with E-state index in [1.807, 2.05) is 14.0 Å².